The van der Waals surface area contributed by atoms with Crippen LogP contribution in [0.2, 0.25) is 0 Å². The van der Waals surface area contributed by atoms with Gasteiger partial charge in [-0.25, -0.2) is 18.4 Å². The lowest BCUT2D eigenvalue weighted by molar-refractivity contribution is 0.385. The van der Waals surface area contributed by atoms with Crippen LogP contribution >= 0.6 is 27.3 Å². The highest BCUT2D eigenvalue weighted by molar-refractivity contribution is 9.11. The SMILES string of the molecule is O=S(=O)(c1ccc(Br)s1)N1CCN(c2nc(-c3ccco3)nc3ccccc23)CC1. The van der Waals surface area contributed by atoms with Gasteiger partial charge in [0.1, 0.15) is 10.0 Å². The zero-order valence-electron chi connectivity index (χ0n) is 15.7. The third-order valence-corrected chi connectivity index (χ3v) is 9.00. The summed E-state index contributed by atoms with van der Waals surface area (Å²) in [4.78, 5) is 11.5. The quantitative estimate of drug-likeness (QED) is 0.413. The molecule has 0 bridgehead atoms. The summed E-state index contributed by atoms with van der Waals surface area (Å²) in [5.74, 6) is 1.92. The lowest BCUT2D eigenvalue weighted by Crippen LogP contribution is -2.48. The molecule has 10 heteroatoms. The maximum absolute atomic E-state index is 12.9. The van der Waals surface area contributed by atoms with Gasteiger partial charge in [-0.3, -0.25) is 0 Å². The van der Waals surface area contributed by atoms with Crippen LogP contribution in [0.15, 0.2) is 67.2 Å². The summed E-state index contributed by atoms with van der Waals surface area (Å²) in [6.07, 6.45) is 1.60. The smallest absolute Gasteiger partial charge is 0.252 e. The van der Waals surface area contributed by atoms with Crippen LogP contribution in [0.3, 0.4) is 0 Å². The Labute approximate surface area is 186 Å². The molecular weight excluding hydrogens is 488 g/mol. The first-order valence-electron chi connectivity index (χ1n) is 9.33. The number of rotatable bonds is 4. The van der Waals surface area contributed by atoms with E-state index < -0.39 is 10.0 Å². The number of sulfonamides is 1. The molecule has 154 valence electrons. The number of nitrogens with zero attached hydrogens (tertiary/aromatic N) is 4. The van der Waals surface area contributed by atoms with Crippen molar-refractivity contribution in [2.24, 2.45) is 0 Å². The number of furan rings is 1. The molecule has 0 atom stereocenters. The highest BCUT2D eigenvalue weighted by atomic mass is 79.9. The van der Waals surface area contributed by atoms with Crippen LogP contribution in [0, 0.1) is 0 Å². The minimum Gasteiger partial charge on any atom is -0.461 e. The van der Waals surface area contributed by atoms with Gasteiger partial charge >= 0.3 is 0 Å². The Morgan fingerprint density at radius 2 is 1.77 bits per heavy atom. The number of hydrogen-bond donors (Lipinski definition) is 0. The fraction of sp³-hybridized carbons (Fsp3) is 0.200. The summed E-state index contributed by atoms with van der Waals surface area (Å²) in [6.45, 7) is 1.88. The molecular formula is C20H17BrN4O3S2. The molecule has 1 fully saturated rings. The molecule has 1 aliphatic rings. The number of aromatic nitrogens is 2. The lowest BCUT2D eigenvalue weighted by Gasteiger charge is -2.34. The van der Waals surface area contributed by atoms with Crippen LogP contribution in [0.25, 0.3) is 22.5 Å². The first-order valence-corrected chi connectivity index (χ1v) is 12.4. The molecule has 0 aliphatic carbocycles. The molecule has 0 saturated carbocycles. The summed E-state index contributed by atoms with van der Waals surface area (Å²) >= 11 is 4.57. The highest BCUT2D eigenvalue weighted by Crippen LogP contribution is 2.31. The molecule has 4 aromatic rings. The Hall–Kier alpha value is -2.27. The van der Waals surface area contributed by atoms with Gasteiger partial charge in [-0.2, -0.15) is 4.31 Å². The predicted octanol–water partition coefficient (Wildman–Crippen LogP) is 4.22. The fourth-order valence-electron chi connectivity index (χ4n) is 3.52. The van der Waals surface area contributed by atoms with Crippen LogP contribution in [0.1, 0.15) is 0 Å². The molecule has 1 aliphatic heterocycles. The molecule has 3 aromatic heterocycles. The van der Waals surface area contributed by atoms with E-state index in [9.17, 15) is 8.42 Å². The normalized spacial score (nSPS) is 15.7. The van der Waals surface area contributed by atoms with Gasteiger partial charge in [0.05, 0.1) is 15.6 Å². The van der Waals surface area contributed by atoms with E-state index >= 15 is 0 Å². The van der Waals surface area contributed by atoms with Gasteiger partial charge in [0, 0.05) is 31.6 Å². The molecule has 0 unspecified atom stereocenters. The Balaban J connectivity index is 1.45. The summed E-state index contributed by atoms with van der Waals surface area (Å²) in [7, 11) is -3.49. The van der Waals surface area contributed by atoms with Crippen LogP contribution in [0.5, 0.6) is 0 Å². The fourth-order valence-corrected chi connectivity index (χ4v) is 7.11. The number of fused-ring (bicyclic) bond motifs is 1. The van der Waals surface area contributed by atoms with E-state index in [1.165, 1.54) is 11.3 Å². The Bertz CT molecular complexity index is 1300. The predicted molar refractivity (Wildman–Crippen MR) is 120 cm³/mol. The zero-order chi connectivity index (χ0) is 20.7. The van der Waals surface area contributed by atoms with Crippen molar-refractivity contribution in [3.05, 3.63) is 58.6 Å². The standard InChI is InChI=1S/C20H17BrN4O3S2/c21-17-7-8-18(29-17)30(26,27)25-11-9-24(10-12-25)20-14-4-1-2-5-15(14)22-19(23-20)16-6-3-13-28-16/h1-8,13H,9-12H2. The van der Waals surface area contributed by atoms with Gasteiger partial charge in [0.2, 0.25) is 0 Å². The molecule has 0 N–H and O–H groups in total. The van der Waals surface area contributed by atoms with Gasteiger partial charge in [-0.05, 0) is 52.3 Å². The third-order valence-electron chi connectivity index (χ3n) is 5.01. The largest absolute Gasteiger partial charge is 0.461 e. The first-order chi connectivity index (χ1) is 14.5. The average molecular weight is 505 g/mol. The number of benzene rings is 1. The molecule has 0 amide bonds. The molecule has 4 heterocycles. The van der Waals surface area contributed by atoms with Crippen molar-refractivity contribution >= 4 is 54.0 Å². The second-order valence-corrected chi connectivity index (χ2v) is 11.4. The van der Waals surface area contributed by atoms with Crippen molar-refractivity contribution in [3.63, 3.8) is 0 Å². The lowest BCUT2D eigenvalue weighted by atomic mass is 10.2. The minimum atomic E-state index is -3.49. The van der Waals surface area contributed by atoms with Crippen molar-refractivity contribution < 1.29 is 12.8 Å². The minimum absolute atomic E-state index is 0.357. The van der Waals surface area contributed by atoms with Crippen molar-refractivity contribution in [3.8, 4) is 11.6 Å². The number of halogens is 1. The van der Waals surface area contributed by atoms with Crippen molar-refractivity contribution in [1.82, 2.24) is 14.3 Å². The van der Waals surface area contributed by atoms with Crippen LogP contribution in [0.4, 0.5) is 5.82 Å². The Morgan fingerprint density at radius 3 is 2.47 bits per heavy atom. The van der Waals surface area contributed by atoms with Gasteiger partial charge in [-0.1, -0.05) is 12.1 Å². The topological polar surface area (TPSA) is 79.5 Å². The highest BCUT2D eigenvalue weighted by Gasteiger charge is 2.30. The van der Waals surface area contributed by atoms with Crippen LogP contribution < -0.4 is 4.90 Å². The van der Waals surface area contributed by atoms with E-state index in [4.69, 9.17) is 9.40 Å². The third kappa shape index (κ3) is 3.53. The Kier molecular flexibility index (Phi) is 5.10. The number of para-hydroxylation sites is 1. The summed E-state index contributed by atoms with van der Waals surface area (Å²) < 4.78 is 34.0. The monoisotopic (exact) mass is 504 g/mol. The molecule has 5 rings (SSSR count). The van der Waals surface area contributed by atoms with E-state index in [2.05, 4.69) is 25.8 Å². The summed E-state index contributed by atoms with van der Waals surface area (Å²) in [6, 6.07) is 14.9. The maximum atomic E-state index is 12.9. The van der Waals surface area contributed by atoms with E-state index in [0.717, 1.165) is 20.5 Å². The van der Waals surface area contributed by atoms with Gasteiger partial charge in [0.25, 0.3) is 10.0 Å². The summed E-state index contributed by atoms with van der Waals surface area (Å²) in [5.41, 5.74) is 0.826. The van der Waals surface area contributed by atoms with Gasteiger partial charge in [-0.15, -0.1) is 11.3 Å². The van der Waals surface area contributed by atoms with Gasteiger partial charge in [0.15, 0.2) is 11.6 Å². The van der Waals surface area contributed by atoms with Crippen molar-refractivity contribution in [2.45, 2.75) is 4.21 Å². The average Bonchev–Trinajstić information content (AvgIpc) is 3.45. The maximum Gasteiger partial charge on any atom is 0.252 e. The van der Waals surface area contributed by atoms with Gasteiger partial charge < -0.3 is 9.32 Å². The number of piperazine rings is 1. The first kappa shape index (κ1) is 19.7. The van der Waals surface area contributed by atoms with E-state index in [0.29, 0.717) is 42.0 Å². The number of anilines is 1. The van der Waals surface area contributed by atoms with Crippen molar-refractivity contribution in [1.29, 1.82) is 0 Å². The second kappa shape index (κ2) is 7.77. The van der Waals surface area contributed by atoms with Crippen LogP contribution in [-0.2, 0) is 10.0 Å². The zero-order valence-corrected chi connectivity index (χ0v) is 19.0. The van der Waals surface area contributed by atoms with E-state index in [-0.39, 0.29) is 0 Å². The Morgan fingerprint density at radius 1 is 0.967 bits per heavy atom. The molecule has 7 nitrogen and oxygen atoms in total. The molecule has 30 heavy (non-hydrogen) atoms. The second-order valence-electron chi connectivity index (χ2n) is 6.81. The molecule has 1 aromatic carbocycles. The number of hydrogen-bond acceptors (Lipinski definition) is 7. The molecule has 1 saturated heterocycles. The molecule has 0 radical (unpaired) electrons. The molecule has 0 spiro atoms. The van der Waals surface area contributed by atoms with Crippen LogP contribution in [-0.4, -0.2) is 48.9 Å². The van der Waals surface area contributed by atoms with Crippen molar-refractivity contribution in [2.75, 3.05) is 31.1 Å². The van der Waals surface area contributed by atoms with E-state index in [1.54, 1.807) is 28.8 Å². The van der Waals surface area contributed by atoms with E-state index in [1.807, 2.05) is 30.3 Å². The number of thiophene rings is 1. The summed E-state index contributed by atoms with van der Waals surface area (Å²) in [5, 5.41) is 0.936.